The molecule has 0 amide bonds. The second kappa shape index (κ2) is 6.81. The van der Waals surface area contributed by atoms with E-state index in [0.717, 1.165) is 22.4 Å². The van der Waals surface area contributed by atoms with Gasteiger partial charge in [-0.25, -0.2) is 0 Å². The van der Waals surface area contributed by atoms with E-state index in [1.807, 2.05) is 49.4 Å². The molecule has 0 aromatic heterocycles. The smallest absolute Gasteiger partial charge is 0.134 e. The molecule has 0 radical (unpaired) electrons. The monoisotopic (exact) mass is 276 g/mol. The van der Waals surface area contributed by atoms with Crippen molar-refractivity contribution in [1.82, 2.24) is 0 Å². The van der Waals surface area contributed by atoms with Crippen molar-refractivity contribution < 1.29 is 4.74 Å². The Labute approximate surface area is 127 Å². The summed E-state index contributed by atoms with van der Waals surface area (Å²) in [6.45, 7) is 8.04. The molecule has 2 aromatic rings. The summed E-state index contributed by atoms with van der Waals surface area (Å²) in [5.41, 5.74) is 4.31. The summed E-state index contributed by atoms with van der Waals surface area (Å²) < 4.78 is 5.39. The minimum atomic E-state index is 0.286. The van der Waals surface area contributed by atoms with E-state index in [9.17, 15) is 0 Å². The minimum Gasteiger partial charge on any atom is -0.495 e. The van der Waals surface area contributed by atoms with Gasteiger partial charge in [-0.05, 0) is 36.1 Å². The predicted octanol–water partition coefficient (Wildman–Crippen LogP) is 4.69. The molecule has 0 N–H and O–H groups in total. The molecule has 0 aliphatic heterocycles. The van der Waals surface area contributed by atoms with Gasteiger partial charge in [-0.3, -0.25) is 0 Å². The van der Waals surface area contributed by atoms with Crippen molar-refractivity contribution in [3.8, 4) is 17.6 Å². The van der Waals surface area contributed by atoms with Gasteiger partial charge in [0.05, 0.1) is 12.7 Å². The molecule has 2 rings (SSSR count). The minimum absolute atomic E-state index is 0.286. The van der Waals surface area contributed by atoms with Crippen molar-refractivity contribution in [2.24, 2.45) is 0 Å². The Kier molecular flexibility index (Phi) is 4.85. The van der Waals surface area contributed by atoms with Crippen LogP contribution in [0.25, 0.3) is 0 Å². The van der Waals surface area contributed by atoms with Gasteiger partial charge in [0.15, 0.2) is 0 Å². The number of benzene rings is 2. The molecule has 2 aromatic carbocycles. The number of hydrogen-bond acceptors (Lipinski definition) is 1. The van der Waals surface area contributed by atoms with Crippen LogP contribution in [0, 0.1) is 18.8 Å². The van der Waals surface area contributed by atoms with Crippen LogP contribution in [-0.2, 0) is 0 Å². The van der Waals surface area contributed by atoms with E-state index in [1.54, 1.807) is 7.11 Å². The summed E-state index contributed by atoms with van der Waals surface area (Å²) in [5, 5.41) is 0. The molecule has 1 unspecified atom stereocenters. The zero-order chi connectivity index (χ0) is 15.2. The van der Waals surface area contributed by atoms with Crippen molar-refractivity contribution in [3.05, 3.63) is 77.4 Å². The van der Waals surface area contributed by atoms with Crippen molar-refractivity contribution >= 4 is 0 Å². The van der Waals surface area contributed by atoms with Crippen LogP contribution in [0.3, 0.4) is 0 Å². The number of methoxy groups -OCH3 is 1. The molecule has 0 bridgehead atoms. The Morgan fingerprint density at radius 1 is 1.10 bits per heavy atom. The molecule has 21 heavy (non-hydrogen) atoms. The number of hydrogen-bond donors (Lipinski definition) is 0. The van der Waals surface area contributed by atoms with Crippen molar-refractivity contribution in [2.45, 2.75) is 19.8 Å². The van der Waals surface area contributed by atoms with Crippen LogP contribution in [0.4, 0.5) is 0 Å². The van der Waals surface area contributed by atoms with Crippen molar-refractivity contribution in [1.29, 1.82) is 0 Å². The Hall–Kier alpha value is -2.46. The maximum absolute atomic E-state index is 5.39. The second-order valence-corrected chi connectivity index (χ2v) is 5.01. The largest absolute Gasteiger partial charge is 0.495 e. The normalized spacial score (nSPS) is 11.2. The lowest BCUT2D eigenvalue weighted by Gasteiger charge is -2.09. The third kappa shape index (κ3) is 3.35. The lowest BCUT2D eigenvalue weighted by molar-refractivity contribution is 0.413. The van der Waals surface area contributed by atoms with E-state index < -0.39 is 0 Å². The number of ether oxygens (including phenoxy) is 1. The average molecular weight is 276 g/mol. The van der Waals surface area contributed by atoms with Crippen LogP contribution in [0.5, 0.6) is 5.75 Å². The number of rotatable bonds is 3. The molecule has 1 heteroatoms. The van der Waals surface area contributed by atoms with Crippen molar-refractivity contribution in [2.75, 3.05) is 7.11 Å². The zero-order valence-electron chi connectivity index (χ0n) is 12.8. The summed E-state index contributed by atoms with van der Waals surface area (Å²) in [5.74, 6) is 7.64. The number of aryl methyl sites for hydroxylation is 1. The summed E-state index contributed by atoms with van der Waals surface area (Å²) in [4.78, 5) is 0. The van der Waals surface area contributed by atoms with Gasteiger partial charge in [0.25, 0.3) is 0 Å². The topological polar surface area (TPSA) is 9.23 Å². The second-order valence-electron chi connectivity index (χ2n) is 5.01. The van der Waals surface area contributed by atoms with E-state index in [4.69, 9.17) is 4.74 Å². The van der Waals surface area contributed by atoms with Crippen LogP contribution in [0.2, 0.25) is 0 Å². The van der Waals surface area contributed by atoms with E-state index in [-0.39, 0.29) is 5.92 Å². The highest BCUT2D eigenvalue weighted by Crippen LogP contribution is 2.22. The molecule has 1 nitrogen and oxygen atoms in total. The first kappa shape index (κ1) is 14.9. The van der Waals surface area contributed by atoms with E-state index in [0.29, 0.717) is 0 Å². The van der Waals surface area contributed by atoms with Gasteiger partial charge in [-0.1, -0.05) is 55.2 Å². The van der Waals surface area contributed by atoms with Crippen LogP contribution in [0.1, 0.15) is 35.1 Å². The highest BCUT2D eigenvalue weighted by atomic mass is 16.5. The van der Waals surface area contributed by atoms with Gasteiger partial charge in [-0.2, -0.15) is 0 Å². The SMILES string of the molecule is C=CC(C)c1ccccc1C#Cc1c(C)cccc1OC. The maximum Gasteiger partial charge on any atom is 0.134 e. The van der Waals surface area contributed by atoms with Crippen molar-refractivity contribution in [3.63, 3.8) is 0 Å². The van der Waals surface area contributed by atoms with E-state index in [2.05, 4.69) is 31.4 Å². The Morgan fingerprint density at radius 3 is 2.57 bits per heavy atom. The third-order valence-corrected chi connectivity index (χ3v) is 3.58. The first-order valence-electron chi connectivity index (χ1n) is 7.04. The summed E-state index contributed by atoms with van der Waals surface area (Å²) in [7, 11) is 1.67. The molecular formula is C20H20O. The molecule has 0 saturated carbocycles. The van der Waals surface area contributed by atoms with Gasteiger partial charge in [0.2, 0.25) is 0 Å². The quantitative estimate of drug-likeness (QED) is 0.583. The molecule has 0 saturated heterocycles. The van der Waals surface area contributed by atoms with Crippen LogP contribution < -0.4 is 4.74 Å². The fraction of sp³-hybridized carbons (Fsp3) is 0.200. The zero-order valence-corrected chi connectivity index (χ0v) is 12.8. The van der Waals surface area contributed by atoms with Crippen LogP contribution >= 0.6 is 0 Å². The molecule has 0 fully saturated rings. The Balaban J connectivity index is 2.48. The van der Waals surface area contributed by atoms with Gasteiger partial charge in [0, 0.05) is 5.56 Å². The first-order chi connectivity index (χ1) is 10.2. The summed E-state index contributed by atoms with van der Waals surface area (Å²) >= 11 is 0. The predicted molar refractivity (Wildman–Crippen MR) is 88.8 cm³/mol. The fourth-order valence-corrected chi connectivity index (χ4v) is 2.24. The summed E-state index contributed by atoms with van der Waals surface area (Å²) in [6, 6.07) is 14.2. The molecular weight excluding hydrogens is 256 g/mol. The highest BCUT2D eigenvalue weighted by molar-refractivity contribution is 5.55. The van der Waals surface area contributed by atoms with Gasteiger partial charge in [0.1, 0.15) is 5.75 Å². The molecule has 0 heterocycles. The molecule has 1 atom stereocenters. The van der Waals surface area contributed by atoms with E-state index in [1.165, 1.54) is 5.56 Å². The Bertz CT molecular complexity index is 701. The average Bonchev–Trinajstić information content (AvgIpc) is 2.53. The third-order valence-electron chi connectivity index (χ3n) is 3.58. The maximum atomic E-state index is 5.39. The van der Waals surface area contributed by atoms with Gasteiger partial charge in [-0.15, -0.1) is 6.58 Å². The molecule has 0 aliphatic rings. The lowest BCUT2D eigenvalue weighted by atomic mass is 9.96. The highest BCUT2D eigenvalue weighted by Gasteiger charge is 2.06. The van der Waals surface area contributed by atoms with Gasteiger partial charge >= 0.3 is 0 Å². The van der Waals surface area contributed by atoms with Crippen LogP contribution in [-0.4, -0.2) is 7.11 Å². The lowest BCUT2D eigenvalue weighted by Crippen LogP contribution is -1.94. The molecule has 0 spiro atoms. The molecule has 106 valence electrons. The number of allylic oxidation sites excluding steroid dienone is 1. The molecule has 0 aliphatic carbocycles. The standard InChI is InChI=1S/C20H20O/c1-5-15(2)18-11-7-6-10-17(18)13-14-19-16(3)9-8-12-20(19)21-4/h5-12,15H,1H2,2-4H3. The Morgan fingerprint density at radius 2 is 1.86 bits per heavy atom. The van der Waals surface area contributed by atoms with Crippen LogP contribution in [0.15, 0.2) is 55.1 Å². The van der Waals surface area contributed by atoms with E-state index >= 15 is 0 Å². The summed E-state index contributed by atoms with van der Waals surface area (Å²) in [6.07, 6.45) is 1.94. The fourth-order valence-electron chi connectivity index (χ4n) is 2.24. The van der Waals surface area contributed by atoms with Gasteiger partial charge < -0.3 is 4.74 Å². The first-order valence-corrected chi connectivity index (χ1v) is 7.04.